The molecule has 1 fully saturated rings. The minimum absolute atomic E-state index is 0. The molecular formula is C18H25ClN4O3. The highest BCUT2D eigenvalue weighted by atomic mass is 35.5. The van der Waals surface area contributed by atoms with Crippen LogP contribution in [0.25, 0.3) is 0 Å². The summed E-state index contributed by atoms with van der Waals surface area (Å²) in [5, 5.41) is 10.2. The van der Waals surface area contributed by atoms with Crippen LogP contribution < -0.4 is 15.4 Å². The summed E-state index contributed by atoms with van der Waals surface area (Å²) in [7, 11) is 0. The maximum atomic E-state index is 12.5. The predicted molar refractivity (Wildman–Crippen MR) is 99.6 cm³/mol. The molecule has 0 spiro atoms. The van der Waals surface area contributed by atoms with Gasteiger partial charge in [-0.15, -0.1) is 12.4 Å². The Kier molecular flexibility index (Phi) is 7.87. The molecule has 0 saturated carbocycles. The molecule has 1 saturated heterocycles. The van der Waals surface area contributed by atoms with E-state index in [1.165, 1.54) is 12.8 Å². The molecule has 26 heavy (non-hydrogen) atoms. The third-order valence-electron chi connectivity index (χ3n) is 4.30. The fourth-order valence-electron chi connectivity index (χ4n) is 2.98. The Bertz CT molecular complexity index is 701. The molecule has 0 radical (unpaired) electrons. The number of carbonyl (C=O) groups is 1. The molecule has 1 unspecified atom stereocenters. The van der Waals surface area contributed by atoms with Crippen LogP contribution in [0.5, 0.6) is 5.75 Å². The SMILES string of the molecule is Cc1nc(COc2ccccc2C(=O)NCCC2CCCNC2)no1.Cl. The molecule has 2 aromatic rings. The minimum atomic E-state index is -0.122. The van der Waals surface area contributed by atoms with Gasteiger partial charge < -0.3 is 19.9 Å². The number of hydrogen-bond donors (Lipinski definition) is 2. The van der Waals surface area contributed by atoms with Gasteiger partial charge in [0.25, 0.3) is 5.91 Å². The van der Waals surface area contributed by atoms with Crippen molar-refractivity contribution in [2.24, 2.45) is 5.92 Å². The highest BCUT2D eigenvalue weighted by molar-refractivity contribution is 5.96. The second-order valence-electron chi connectivity index (χ2n) is 6.27. The molecule has 1 aliphatic heterocycles. The van der Waals surface area contributed by atoms with Crippen molar-refractivity contribution in [2.75, 3.05) is 19.6 Å². The fraction of sp³-hybridized carbons (Fsp3) is 0.500. The number of rotatable bonds is 7. The quantitative estimate of drug-likeness (QED) is 0.767. The highest BCUT2D eigenvalue weighted by Crippen LogP contribution is 2.19. The normalized spacial score (nSPS) is 16.6. The summed E-state index contributed by atoms with van der Waals surface area (Å²) in [6, 6.07) is 7.19. The maximum absolute atomic E-state index is 12.5. The average Bonchev–Trinajstić information content (AvgIpc) is 3.06. The van der Waals surface area contributed by atoms with Crippen molar-refractivity contribution < 1.29 is 14.1 Å². The van der Waals surface area contributed by atoms with Crippen molar-refractivity contribution in [2.45, 2.75) is 32.8 Å². The van der Waals surface area contributed by atoms with Crippen molar-refractivity contribution in [1.82, 2.24) is 20.8 Å². The number of benzene rings is 1. The third-order valence-corrected chi connectivity index (χ3v) is 4.30. The van der Waals surface area contributed by atoms with Gasteiger partial charge in [0.15, 0.2) is 6.61 Å². The van der Waals surface area contributed by atoms with Crippen LogP contribution >= 0.6 is 12.4 Å². The predicted octanol–water partition coefficient (Wildman–Crippen LogP) is 2.50. The van der Waals surface area contributed by atoms with Crippen LogP contribution in [0.1, 0.15) is 41.3 Å². The zero-order chi connectivity index (χ0) is 17.5. The molecule has 1 amide bonds. The van der Waals surface area contributed by atoms with Gasteiger partial charge in [-0.2, -0.15) is 4.98 Å². The molecule has 8 heteroatoms. The summed E-state index contributed by atoms with van der Waals surface area (Å²) < 4.78 is 10.6. The number of amides is 1. The van der Waals surface area contributed by atoms with Crippen LogP contribution in [0.4, 0.5) is 0 Å². The maximum Gasteiger partial charge on any atom is 0.255 e. The number of carbonyl (C=O) groups excluding carboxylic acids is 1. The van der Waals surface area contributed by atoms with Gasteiger partial charge >= 0.3 is 0 Å². The van der Waals surface area contributed by atoms with Crippen molar-refractivity contribution in [3.05, 3.63) is 41.5 Å². The molecule has 3 rings (SSSR count). The lowest BCUT2D eigenvalue weighted by Gasteiger charge is -2.22. The van der Waals surface area contributed by atoms with E-state index in [4.69, 9.17) is 9.26 Å². The van der Waals surface area contributed by atoms with Crippen LogP contribution in [0.15, 0.2) is 28.8 Å². The molecule has 142 valence electrons. The van der Waals surface area contributed by atoms with Gasteiger partial charge in [0, 0.05) is 13.5 Å². The molecule has 1 atom stereocenters. The van der Waals surface area contributed by atoms with E-state index in [1.54, 1.807) is 19.1 Å². The van der Waals surface area contributed by atoms with Crippen LogP contribution in [-0.2, 0) is 6.61 Å². The molecular weight excluding hydrogens is 356 g/mol. The monoisotopic (exact) mass is 380 g/mol. The molecule has 7 nitrogen and oxygen atoms in total. The van der Waals surface area contributed by atoms with Gasteiger partial charge in [-0.05, 0) is 50.4 Å². The molecule has 0 aliphatic carbocycles. The first-order valence-electron chi connectivity index (χ1n) is 8.72. The van der Waals surface area contributed by atoms with E-state index in [0.717, 1.165) is 19.5 Å². The fourth-order valence-corrected chi connectivity index (χ4v) is 2.98. The lowest BCUT2D eigenvalue weighted by molar-refractivity contribution is 0.0946. The summed E-state index contributed by atoms with van der Waals surface area (Å²) in [5.41, 5.74) is 0.518. The van der Waals surface area contributed by atoms with Crippen LogP contribution in [0.2, 0.25) is 0 Å². The minimum Gasteiger partial charge on any atom is -0.485 e. The molecule has 2 N–H and O–H groups in total. The zero-order valence-electron chi connectivity index (χ0n) is 14.9. The third kappa shape index (κ3) is 5.71. The smallest absolute Gasteiger partial charge is 0.255 e. The van der Waals surface area contributed by atoms with Gasteiger partial charge in [-0.25, -0.2) is 0 Å². The zero-order valence-corrected chi connectivity index (χ0v) is 15.7. The molecule has 1 aromatic heterocycles. The molecule has 1 aliphatic rings. The largest absolute Gasteiger partial charge is 0.485 e. The summed E-state index contributed by atoms with van der Waals surface area (Å²) in [4.78, 5) is 16.6. The summed E-state index contributed by atoms with van der Waals surface area (Å²) in [6.07, 6.45) is 3.43. The number of nitrogens with zero attached hydrogens (tertiary/aromatic N) is 2. The molecule has 1 aromatic carbocycles. The Labute approximate surface area is 159 Å². The number of hydrogen-bond acceptors (Lipinski definition) is 6. The second-order valence-corrected chi connectivity index (χ2v) is 6.27. The Balaban J connectivity index is 0.00000243. The molecule has 0 bridgehead atoms. The van der Waals surface area contributed by atoms with Crippen molar-refractivity contribution in [1.29, 1.82) is 0 Å². The molecule has 2 heterocycles. The number of ether oxygens (including phenoxy) is 1. The number of nitrogens with one attached hydrogen (secondary N) is 2. The summed E-state index contributed by atoms with van der Waals surface area (Å²) >= 11 is 0. The highest BCUT2D eigenvalue weighted by Gasteiger charge is 2.15. The Morgan fingerprint density at radius 2 is 2.27 bits per heavy atom. The Morgan fingerprint density at radius 1 is 1.42 bits per heavy atom. The average molecular weight is 381 g/mol. The van der Waals surface area contributed by atoms with Gasteiger partial charge in [0.05, 0.1) is 5.56 Å². The number of halogens is 1. The summed E-state index contributed by atoms with van der Waals surface area (Å²) in [5.74, 6) is 1.98. The number of aromatic nitrogens is 2. The van der Waals surface area contributed by atoms with Gasteiger partial charge in [0.1, 0.15) is 5.75 Å². The van der Waals surface area contributed by atoms with E-state index in [9.17, 15) is 4.79 Å². The van der Waals surface area contributed by atoms with E-state index in [1.807, 2.05) is 12.1 Å². The van der Waals surface area contributed by atoms with Crippen molar-refractivity contribution in [3.63, 3.8) is 0 Å². The van der Waals surface area contributed by atoms with E-state index < -0.39 is 0 Å². The van der Waals surface area contributed by atoms with Gasteiger partial charge in [0.2, 0.25) is 11.7 Å². The van der Waals surface area contributed by atoms with Gasteiger partial charge in [-0.3, -0.25) is 4.79 Å². The lowest BCUT2D eigenvalue weighted by atomic mass is 9.96. The van der Waals surface area contributed by atoms with Crippen LogP contribution in [-0.4, -0.2) is 35.7 Å². The first kappa shape index (κ1) is 20.2. The Hall–Kier alpha value is -2.12. The van der Waals surface area contributed by atoms with Crippen LogP contribution in [0.3, 0.4) is 0 Å². The van der Waals surface area contributed by atoms with Crippen molar-refractivity contribution >= 4 is 18.3 Å². The number of para-hydroxylation sites is 1. The van der Waals surface area contributed by atoms with E-state index in [0.29, 0.717) is 35.5 Å². The van der Waals surface area contributed by atoms with E-state index in [2.05, 4.69) is 20.8 Å². The second kappa shape index (κ2) is 10.1. The first-order valence-corrected chi connectivity index (χ1v) is 8.72. The number of piperidine rings is 1. The standard InChI is InChI=1S/C18H24N4O3.ClH/c1-13-21-17(22-25-13)12-24-16-7-3-2-6-15(16)18(23)20-10-8-14-5-4-9-19-11-14;/h2-3,6-7,14,19H,4-5,8-12H2,1H3,(H,20,23);1H. The number of aryl methyl sites for hydroxylation is 1. The lowest BCUT2D eigenvalue weighted by Crippen LogP contribution is -2.33. The first-order chi connectivity index (χ1) is 12.2. The van der Waals surface area contributed by atoms with E-state index >= 15 is 0 Å². The van der Waals surface area contributed by atoms with Gasteiger partial charge in [-0.1, -0.05) is 17.3 Å². The summed E-state index contributed by atoms with van der Waals surface area (Å²) in [6.45, 7) is 4.70. The Morgan fingerprint density at radius 3 is 3.00 bits per heavy atom. The van der Waals surface area contributed by atoms with E-state index in [-0.39, 0.29) is 24.9 Å². The topological polar surface area (TPSA) is 89.3 Å². The van der Waals surface area contributed by atoms with Crippen molar-refractivity contribution in [3.8, 4) is 5.75 Å². The van der Waals surface area contributed by atoms with Crippen LogP contribution in [0, 0.1) is 12.8 Å².